The molecular formula is C19H20N2O2S2. The van der Waals surface area contributed by atoms with Gasteiger partial charge in [0.25, 0.3) is 0 Å². The van der Waals surface area contributed by atoms with E-state index in [-0.39, 0.29) is 9.24 Å². The smallest absolute Gasteiger partial charge is 0.216 e. The van der Waals surface area contributed by atoms with E-state index in [0.717, 1.165) is 41.9 Å². The Kier molecular flexibility index (Phi) is 5.30. The Morgan fingerprint density at radius 2 is 1.68 bits per heavy atom. The molecule has 0 unspecified atom stereocenters. The van der Waals surface area contributed by atoms with Gasteiger partial charge in [-0.1, -0.05) is 55.3 Å². The van der Waals surface area contributed by atoms with Crippen molar-refractivity contribution in [1.29, 1.82) is 0 Å². The third-order valence-electron chi connectivity index (χ3n) is 4.00. The van der Waals surface area contributed by atoms with Gasteiger partial charge >= 0.3 is 0 Å². The number of nitrogens with zero attached hydrogens (tertiary/aromatic N) is 2. The van der Waals surface area contributed by atoms with E-state index in [1.54, 1.807) is 24.3 Å². The number of sulfone groups is 1. The predicted octanol–water partition coefficient (Wildman–Crippen LogP) is 4.69. The highest BCUT2D eigenvalue weighted by molar-refractivity contribution is 7.93. The first kappa shape index (κ1) is 17.8. The van der Waals surface area contributed by atoms with E-state index in [1.165, 1.54) is 5.56 Å². The van der Waals surface area contributed by atoms with Crippen molar-refractivity contribution in [3.05, 3.63) is 59.7 Å². The van der Waals surface area contributed by atoms with Gasteiger partial charge in [0, 0.05) is 5.56 Å². The molecule has 25 heavy (non-hydrogen) atoms. The van der Waals surface area contributed by atoms with Gasteiger partial charge in [0.1, 0.15) is 0 Å². The fraction of sp³-hybridized carbons (Fsp3) is 0.263. The van der Waals surface area contributed by atoms with E-state index in [0.29, 0.717) is 5.82 Å². The standard InChI is InChI=1S/C19H20N2O2S2/c1-3-4-5-15-8-10-16(11-9-15)18-20-19(24-21-18)25(22,23)17-12-6-14(2)7-13-17/h6-13H,3-5H2,1-2H3. The third kappa shape index (κ3) is 3.96. The second kappa shape index (κ2) is 7.45. The predicted molar refractivity (Wildman–Crippen MR) is 101 cm³/mol. The summed E-state index contributed by atoms with van der Waals surface area (Å²) in [5.74, 6) is 0.456. The highest BCUT2D eigenvalue weighted by Gasteiger charge is 2.23. The summed E-state index contributed by atoms with van der Waals surface area (Å²) in [5, 5.41) is 0. The molecule has 1 aromatic heterocycles. The number of aromatic nitrogens is 2. The number of unbranched alkanes of at least 4 members (excludes halogenated alkanes) is 1. The van der Waals surface area contributed by atoms with E-state index in [4.69, 9.17) is 0 Å². The van der Waals surface area contributed by atoms with E-state index in [2.05, 4.69) is 28.4 Å². The van der Waals surface area contributed by atoms with Crippen molar-refractivity contribution in [1.82, 2.24) is 9.36 Å². The Bertz CT molecular complexity index is 944. The molecule has 6 heteroatoms. The molecule has 3 rings (SSSR count). The van der Waals surface area contributed by atoms with E-state index >= 15 is 0 Å². The van der Waals surface area contributed by atoms with Gasteiger partial charge in [-0.2, -0.15) is 4.37 Å². The van der Waals surface area contributed by atoms with Crippen molar-refractivity contribution in [3.8, 4) is 11.4 Å². The van der Waals surface area contributed by atoms with Crippen LogP contribution in [0.5, 0.6) is 0 Å². The lowest BCUT2D eigenvalue weighted by atomic mass is 10.1. The largest absolute Gasteiger partial charge is 0.235 e. The maximum atomic E-state index is 12.7. The van der Waals surface area contributed by atoms with Crippen LogP contribution in [0.1, 0.15) is 30.9 Å². The molecule has 0 spiro atoms. The summed E-state index contributed by atoms with van der Waals surface area (Å²) in [7, 11) is -3.62. The van der Waals surface area contributed by atoms with Crippen LogP contribution in [0, 0.1) is 6.92 Å². The Morgan fingerprint density at radius 1 is 1.00 bits per heavy atom. The summed E-state index contributed by atoms with van der Waals surface area (Å²) in [6.45, 7) is 4.09. The second-order valence-corrected chi connectivity index (χ2v) is 8.88. The normalized spacial score (nSPS) is 11.6. The van der Waals surface area contributed by atoms with E-state index in [9.17, 15) is 8.42 Å². The van der Waals surface area contributed by atoms with Gasteiger partial charge in [-0.3, -0.25) is 0 Å². The highest BCUT2D eigenvalue weighted by atomic mass is 32.2. The lowest BCUT2D eigenvalue weighted by Gasteiger charge is -2.01. The molecule has 3 aromatic rings. The van der Waals surface area contributed by atoms with Crippen LogP contribution in [-0.4, -0.2) is 17.8 Å². The Morgan fingerprint density at radius 3 is 2.32 bits per heavy atom. The minimum atomic E-state index is -3.62. The molecule has 0 aliphatic heterocycles. The van der Waals surface area contributed by atoms with Gasteiger partial charge in [-0.15, -0.1) is 0 Å². The summed E-state index contributed by atoms with van der Waals surface area (Å²) in [6.07, 6.45) is 3.37. The second-order valence-electron chi connectivity index (χ2n) is 6.00. The van der Waals surface area contributed by atoms with Crippen LogP contribution in [-0.2, 0) is 16.3 Å². The molecule has 0 aliphatic carbocycles. The first-order valence-corrected chi connectivity index (χ1v) is 10.5. The molecule has 0 bridgehead atoms. The van der Waals surface area contributed by atoms with Gasteiger partial charge in [0.15, 0.2) is 5.82 Å². The van der Waals surface area contributed by atoms with Crippen molar-refractivity contribution < 1.29 is 8.42 Å². The molecule has 0 N–H and O–H groups in total. The summed E-state index contributed by atoms with van der Waals surface area (Å²) in [5.41, 5.74) is 3.12. The number of benzene rings is 2. The van der Waals surface area contributed by atoms with Crippen molar-refractivity contribution in [2.75, 3.05) is 0 Å². The fourth-order valence-electron chi connectivity index (χ4n) is 2.46. The molecule has 0 amide bonds. The number of hydrogen-bond donors (Lipinski definition) is 0. The molecule has 0 fully saturated rings. The average molecular weight is 373 g/mol. The molecule has 1 heterocycles. The van der Waals surface area contributed by atoms with Crippen LogP contribution in [0.2, 0.25) is 0 Å². The number of hydrogen-bond acceptors (Lipinski definition) is 5. The number of rotatable bonds is 6. The first-order valence-electron chi connectivity index (χ1n) is 8.25. The SMILES string of the molecule is CCCCc1ccc(-c2nsc(S(=O)(=O)c3ccc(C)cc3)n2)cc1. The van der Waals surface area contributed by atoms with Crippen LogP contribution in [0.3, 0.4) is 0 Å². The maximum absolute atomic E-state index is 12.7. The number of aryl methyl sites for hydroxylation is 2. The summed E-state index contributed by atoms with van der Waals surface area (Å²) in [6, 6.07) is 14.8. The van der Waals surface area contributed by atoms with Crippen molar-refractivity contribution in [3.63, 3.8) is 0 Å². The minimum Gasteiger partial charge on any atom is -0.216 e. The topological polar surface area (TPSA) is 59.9 Å². The van der Waals surface area contributed by atoms with Gasteiger partial charge in [-0.05, 0) is 49.0 Å². The minimum absolute atomic E-state index is 0.0291. The Hall–Kier alpha value is -2.05. The van der Waals surface area contributed by atoms with Crippen LogP contribution < -0.4 is 0 Å². The van der Waals surface area contributed by atoms with Crippen LogP contribution in [0.4, 0.5) is 0 Å². The van der Waals surface area contributed by atoms with Gasteiger partial charge in [0.2, 0.25) is 14.2 Å². The lowest BCUT2D eigenvalue weighted by molar-refractivity contribution is 0.595. The van der Waals surface area contributed by atoms with Gasteiger partial charge in [-0.25, -0.2) is 13.4 Å². The summed E-state index contributed by atoms with van der Waals surface area (Å²) < 4.78 is 29.6. The van der Waals surface area contributed by atoms with Gasteiger partial charge in [0.05, 0.1) is 4.90 Å². The van der Waals surface area contributed by atoms with Crippen molar-refractivity contribution >= 4 is 21.4 Å². The van der Waals surface area contributed by atoms with E-state index < -0.39 is 9.84 Å². The van der Waals surface area contributed by atoms with Crippen molar-refractivity contribution in [2.45, 2.75) is 42.3 Å². The molecule has 0 radical (unpaired) electrons. The third-order valence-corrected chi connectivity index (χ3v) is 6.84. The first-order chi connectivity index (χ1) is 12.0. The monoisotopic (exact) mass is 372 g/mol. The molecule has 0 saturated carbocycles. The quantitative estimate of drug-likeness (QED) is 0.630. The Balaban J connectivity index is 1.85. The summed E-state index contributed by atoms with van der Waals surface area (Å²) >= 11 is 0.919. The molecule has 130 valence electrons. The highest BCUT2D eigenvalue weighted by Crippen LogP contribution is 2.26. The van der Waals surface area contributed by atoms with Crippen LogP contribution in [0.15, 0.2) is 57.8 Å². The molecular weight excluding hydrogens is 352 g/mol. The Labute approximate surface area is 152 Å². The zero-order chi connectivity index (χ0) is 17.9. The zero-order valence-corrected chi connectivity index (χ0v) is 15.9. The van der Waals surface area contributed by atoms with Crippen LogP contribution in [0.25, 0.3) is 11.4 Å². The average Bonchev–Trinajstić information content (AvgIpc) is 3.12. The molecule has 0 aliphatic rings. The molecule has 0 saturated heterocycles. The molecule has 2 aromatic carbocycles. The summed E-state index contributed by atoms with van der Waals surface area (Å²) in [4.78, 5) is 4.51. The lowest BCUT2D eigenvalue weighted by Crippen LogP contribution is -2.01. The fourth-order valence-corrected chi connectivity index (χ4v) is 4.59. The van der Waals surface area contributed by atoms with Crippen LogP contribution >= 0.6 is 11.5 Å². The van der Waals surface area contributed by atoms with E-state index in [1.807, 2.05) is 19.1 Å². The molecule has 0 atom stereocenters. The maximum Gasteiger partial charge on any atom is 0.235 e. The van der Waals surface area contributed by atoms with Crippen molar-refractivity contribution in [2.24, 2.45) is 0 Å². The zero-order valence-electron chi connectivity index (χ0n) is 14.3. The van der Waals surface area contributed by atoms with Gasteiger partial charge < -0.3 is 0 Å². The molecule has 4 nitrogen and oxygen atoms in total.